The Kier molecular flexibility index (Phi) is 5.90. The molecule has 0 radical (unpaired) electrons. The Hall–Kier alpha value is -1.39. The zero-order valence-corrected chi connectivity index (χ0v) is 14.8. The number of nitrogens with zero attached hydrogens (tertiary/aromatic N) is 2. The lowest BCUT2D eigenvalue weighted by atomic mass is 9.92. The number of carbonyl (C=O) groups excluding carboxylic acids is 1. The van der Waals surface area contributed by atoms with Crippen LogP contribution in [-0.2, 0) is 17.9 Å². The average molecular weight is 330 g/mol. The van der Waals surface area contributed by atoms with E-state index in [1.807, 2.05) is 12.1 Å². The van der Waals surface area contributed by atoms with Gasteiger partial charge in [0.25, 0.3) is 0 Å². The molecule has 4 nitrogen and oxygen atoms in total. The number of aliphatic hydroxyl groups is 1. The van der Waals surface area contributed by atoms with Crippen LogP contribution in [0.4, 0.5) is 0 Å². The van der Waals surface area contributed by atoms with Crippen molar-refractivity contribution in [3.05, 3.63) is 35.4 Å². The Labute approximate surface area is 145 Å². The van der Waals surface area contributed by atoms with Crippen LogP contribution in [0.15, 0.2) is 24.3 Å². The van der Waals surface area contributed by atoms with Crippen molar-refractivity contribution in [2.75, 3.05) is 26.2 Å². The second-order valence-electron chi connectivity index (χ2n) is 7.53. The first kappa shape index (κ1) is 17.4. The van der Waals surface area contributed by atoms with Gasteiger partial charge in [-0.3, -0.25) is 9.69 Å². The molecule has 0 bridgehead atoms. The maximum Gasteiger partial charge on any atom is 0.225 e. The number of piperidine rings is 2. The van der Waals surface area contributed by atoms with E-state index in [0.717, 1.165) is 69.9 Å². The number of amides is 1. The molecule has 1 amide bonds. The Morgan fingerprint density at radius 2 is 1.58 bits per heavy atom. The predicted octanol–water partition coefficient (Wildman–Crippen LogP) is 2.65. The van der Waals surface area contributed by atoms with E-state index in [9.17, 15) is 4.79 Å². The first-order chi connectivity index (χ1) is 11.7. The number of hydrogen-bond donors (Lipinski definition) is 1. The van der Waals surface area contributed by atoms with Gasteiger partial charge in [0, 0.05) is 25.6 Å². The Morgan fingerprint density at radius 1 is 1.00 bits per heavy atom. The molecule has 0 aromatic heterocycles. The number of rotatable bonds is 4. The molecule has 24 heavy (non-hydrogen) atoms. The van der Waals surface area contributed by atoms with Gasteiger partial charge in [-0.1, -0.05) is 31.2 Å². The van der Waals surface area contributed by atoms with E-state index < -0.39 is 0 Å². The second-order valence-corrected chi connectivity index (χ2v) is 7.53. The van der Waals surface area contributed by atoms with Crippen molar-refractivity contribution in [2.24, 2.45) is 11.8 Å². The van der Waals surface area contributed by atoms with Crippen LogP contribution in [0.5, 0.6) is 0 Å². The summed E-state index contributed by atoms with van der Waals surface area (Å²) in [6, 6.07) is 8.17. The smallest absolute Gasteiger partial charge is 0.225 e. The van der Waals surface area contributed by atoms with Crippen molar-refractivity contribution in [1.82, 2.24) is 9.80 Å². The molecule has 0 atom stereocenters. The number of carbonyl (C=O) groups is 1. The van der Waals surface area contributed by atoms with Gasteiger partial charge >= 0.3 is 0 Å². The highest BCUT2D eigenvalue weighted by molar-refractivity contribution is 5.79. The molecule has 1 aromatic carbocycles. The minimum atomic E-state index is 0.100. The summed E-state index contributed by atoms with van der Waals surface area (Å²) < 4.78 is 0. The third-order valence-electron chi connectivity index (χ3n) is 5.64. The number of benzene rings is 1. The lowest BCUT2D eigenvalue weighted by molar-refractivity contribution is -0.138. The summed E-state index contributed by atoms with van der Waals surface area (Å²) in [7, 11) is 0. The summed E-state index contributed by atoms with van der Waals surface area (Å²) in [6.07, 6.45) is 4.29. The van der Waals surface area contributed by atoms with Gasteiger partial charge in [-0.25, -0.2) is 0 Å². The van der Waals surface area contributed by atoms with E-state index in [2.05, 4.69) is 28.9 Å². The van der Waals surface area contributed by atoms with E-state index in [0.29, 0.717) is 5.91 Å². The highest BCUT2D eigenvalue weighted by Gasteiger charge is 2.30. The lowest BCUT2D eigenvalue weighted by Crippen LogP contribution is -2.45. The molecular weight excluding hydrogens is 300 g/mol. The van der Waals surface area contributed by atoms with Crippen LogP contribution in [0.3, 0.4) is 0 Å². The van der Waals surface area contributed by atoms with Crippen LogP contribution in [0.25, 0.3) is 0 Å². The van der Waals surface area contributed by atoms with Crippen LogP contribution in [0, 0.1) is 11.8 Å². The fraction of sp³-hybridized carbons (Fsp3) is 0.650. The fourth-order valence-corrected chi connectivity index (χ4v) is 3.83. The van der Waals surface area contributed by atoms with Gasteiger partial charge in [0.15, 0.2) is 0 Å². The molecule has 2 heterocycles. The molecule has 0 saturated carbocycles. The molecule has 2 aliphatic heterocycles. The Balaban J connectivity index is 1.45. The summed E-state index contributed by atoms with van der Waals surface area (Å²) in [4.78, 5) is 17.2. The predicted molar refractivity (Wildman–Crippen MR) is 95.3 cm³/mol. The molecule has 2 aliphatic rings. The molecule has 2 saturated heterocycles. The van der Waals surface area contributed by atoms with Crippen LogP contribution in [0.1, 0.15) is 43.7 Å². The van der Waals surface area contributed by atoms with Gasteiger partial charge in [0.2, 0.25) is 5.91 Å². The Bertz CT molecular complexity index is 527. The van der Waals surface area contributed by atoms with Crippen molar-refractivity contribution in [2.45, 2.75) is 45.8 Å². The Morgan fingerprint density at radius 3 is 2.17 bits per heavy atom. The standard InChI is InChI=1S/C20H30N2O2/c1-16-6-12-22(13-7-16)20(24)19-8-10-21(11-9-19)14-17-2-4-18(15-23)5-3-17/h2-5,16,19,23H,6-15H2,1H3. The van der Waals surface area contributed by atoms with E-state index in [1.165, 1.54) is 5.56 Å². The van der Waals surface area contributed by atoms with Crippen molar-refractivity contribution >= 4 is 5.91 Å². The first-order valence-electron chi connectivity index (χ1n) is 9.35. The van der Waals surface area contributed by atoms with E-state index in [-0.39, 0.29) is 12.5 Å². The van der Waals surface area contributed by atoms with Crippen molar-refractivity contribution in [3.8, 4) is 0 Å². The summed E-state index contributed by atoms with van der Waals surface area (Å²) >= 11 is 0. The molecule has 4 heteroatoms. The molecule has 132 valence electrons. The van der Waals surface area contributed by atoms with Gasteiger partial charge in [0.1, 0.15) is 0 Å². The summed E-state index contributed by atoms with van der Waals surface area (Å²) in [5.41, 5.74) is 2.24. The van der Waals surface area contributed by atoms with Crippen LogP contribution < -0.4 is 0 Å². The zero-order valence-electron chi connectivity index (χ0n) is 14.8. The zero-order chi connectivity index (χ0) is 16.9. The summed E-state index contributed by atoms with van der Waals surface area (Å²) in [5, 5.41) is 9.11. The van der Waals surface area contributed by atoms with Crippen LogP contribution >= 0.6 is 0 Å². The quantitative estimate of drug-likeness (QED) is 0.923. The van der Waals surface area contributed by atoms with Gasteiger partial charge in [0.05, 0.1) is 6.61 Å². The summed E-state index contributed by atoms with van der Waals surface area (Å²) in [5.74, 6) is 1.40. The SMILES string of the molecule is CC1CCN(C(=O)C2CCN(Cc3ccc(CO)cc3)CC2)CC1. The number of aliphatic hydroxyl groups excluding tert-OH is 1. The highest BCUT2D eigenvalue weighted by atomic mass is 16.3. The average Bonchev–Trinajstić information content (AvgIpc) is 2.63. The van der Waals surface area contributed by atoms with Gasteiger partial charge in [-0.15, -0.1) is 0 Å². The van der Waals surface area contributed by atoms with E-state index >= 15 is 0 Å². The van der Waals surface area contributed by atoms with Gasteiger partial charge in [-0.05, 0) is 55.8 Å². The van der Waals surface area contributed by atoms with Crippen LogP contribution in [-0.4, -0.2) is 47.0 Å². The first-order valence-corrected chi connectivity index (χ1v) is 9.35. The summed E-state index contributed by atoms with van der Waals surface area (Å²) in [6.45, 7) is 7.24. The highest BCUT2D eigenvalue weighted by Crippen LogP contribution is 2.24. The third kappa shape index (κ3) is 4.37. The number of hydrogen-bond acceptors (Lipinski definition) is 3. The van der Waals surface area contributed by atoms with Gasteiger partial charge < -0.3 is 10.0 Å². The van der Waals surface area contributed by atoms with Crippen molar-refractivity contribution in [1.29, 1.82) is 0 Å². The second kappa shape index (κ2) is 8.13. The molecule has 0 aliphatic carbocycles. The molecule has 1 aromatic rings. The van der Waals surface area contributed by atoms with E-state index in [4.69, 9.17) is 5.11 Å². The van der Waals surface area contributed by atoms with E-state index in [1.54, 1.807) is 0 Å². The normalized spacial score (nSPS) is 21.2. The molecular formula is C20H30N2O2. The third-order valence-corrected chi connectivity index (χ3v) is 5.64. The molecule has 2 fully saturated rings. The fourth-order valence-electron chi connectivity index (χ4n) is 3.83. The topological polar surface area (TPSA) is 43.8 Å². The maximum atomic E-state index is 12.7. The monoisotopic (exact) mass is 330 g/mol. The van der Waals surface area contributed by atoms with Gasteiger partial charge in [-0.2, -0.15) is 0 Å². The number of likely N-dealkylation sites (tertiary alicyclic amines) is 2. The van der Waals surface area contributed by atoms with Crippen molar-refractivity contribution < 1.29 is 9.90 Å². The molecule has 3 rings (SSSR count). The lowest BCUT2D eigenvalue weighted by Gasteiger charge is -2.36. The van der Waals surface area contributed by atoms with Crippen molar-refractivity contribution in [3.63, 3.8) is 0 Å². The maximum absolute atomic E-state index is 12.7. The minimum absolute atomic E-state index is 0.100. The molecule has 0 spiro atoms. The largest absolute Gasteiger partial charge is 0.392 e. The minimum Gasteiger partial charge on any atom is -0.392 e. The molecule has 0 unspecified atom stereocenters. The molecule has 1 N–H and O–H groups in total. The van der Waals surface area contributed by atoms with Crippen LogP contribution in [0.2, 0.25) is 0 Å².